The predicted octanol–water partition coefficient (Wildman–Crippen LogP) is 4.91. The fourth-order valence-corrected chi connectivity index (χ4v) is 4.08. The van der Waals surface area contributed by atoms with Gasteiger partial charge in [0.15, 0.2) is 0 Å². The number of nitrogens with zero attached hydrogens (tertiary/aromatic N) is 2. The van der Waals surface area contributed by atoms with Gasteiger partial charge < -0.3 is 9.47 Å². The van der Waals surface area contributed by atoms with Crippen LogP contribution in [0.4, 0.5) is 0 Å². The first kappa shape index (κ1) is 19.2. The van der Waals surface area contributed by atoms with Crippen LogP contribution in [0.15, 0.2) is 65.0 Å². The zero-order valence-electron chi connectivity index (χ0n) is 16.4. The Morgan fingerprint density at radius 1 is 1.03 bits per heavy atom. The molecular formula is C23H22N2O3S. The van der Waals surface area contributed by atoms with Gasteiger partial charge in [0.25, 0.3) is 5.56 Å². The monoisotopic (exact) mass is 406 g/mol. The smallest absolute Gasteiger partial charge is 0.262 e. The van der Waals surface area contributed by atoms with Crippen molar-refractivity contribution in [1.29, 1.82) is 0 Å². The summed E-state index contributed by atoms with van der Waals surface area (Å²) in [6, 6.07) is 15.7. The van der Waals surface area contributed by atoms with Crippen LogP contribution in [0.5, 0.6) is 11.5 Å². The highest BCUT2D eigenvalue weighted by molar-refractivity contribution is 7.17. The predicted molar refractivity (Wildman–Crippen MR) is 117 cm³/mol. The molecule has 0 amide bonds. The van der Waals surface area contributed by atoms with Crippen LogP contribution in [0.3, 0.4) is 0 Å². The molecule has 0 atom stereocenters. The Balaban J connectivity index is 1.50. The Hall–Kier alpha value is -3.12. The lowest BCUT2D eigenvalue weighted by Crippen LogP contribution is -2.21. The van der Waals surface area contributed by atoms with E-state index in [1.54, 1.807) is 18.0 Å². The van der Waals surface area contributed by atoms with E-state index in [2.05, 4.69) is 4.98 Å². The molecule has 0 aliphatic carbocycles. The second-order valence-corrected chi connectivity index (χ2v) is 7.67. The molecule has 0 radical (unpaired) electrons. The number of hydrogen-bond donors (Lipinski definition) is 0. The standard InChI is InChI=1S/C23H22N2O3S/c1-16-4-8-19(9-5-16)28-13-3-12-25-15-24-22-21(23(25)26)20(14-29-22)17-6-10-18(27-2)11-7-17/h4-11,14-15H,3,12-13H2,1-2H3. The molecule has 0 spiro atoms. The van der Waals surface area contributed by atoms with Gasteiger partial charge in [-0.15, -0.1) is 11.3 Å². The molecule has 0 N–H and O–H groups in total. The Kier molecular flexibility index (Phi) is 5.62. The van der Waals surface area contributed by atoms with E-state index < -0.39 is 0 Å². The third-order valence-corrected chi connectivity index (χ3v) is 5.68. The topological polar surface area (TPSA) is 53.4 Å². The van der Waals surface area contributed by atoms with Crippen molar-refractivity contribution in [2.45, 2.75) is 19.9 Å². The molecular weight excluding hydrogens is 384 g/mol. The normalized spacial score (nSPS) is 11.0. The molecule has 0 fully saturated rings. The lowest BCUT2D eigenvalue weighted by molar-refractivity contribution is 0.301. The molecule has 0 saturated heterocycles. The number of ether oxygens (including phenoxy) is 2. The molecule has 0 aliphatic rings. The van der Waals surface area contributed by atoms with Crippen molar-refractivity contribution < 1.29 is 9.47 Å². The fraction of sp³-hybridized carbons (Fsp3) is 0.217. The number of methoxy groups -OCH3 is 1. The second-order valence-electron chi connectivity index (χ2n) is 6.82. The number of rotatable bonds is 7. The summed E-state index contributed by atoms with van der Waals surface area (Å²) >= 11 is 1.49. The highest BCUT2D eigenvalue weighted by atomic mass is 32.1. The molecule has 0 saturated carbocycles. The molecule has 0 aliphatic heterocycles. The van der Waals surface area contributed by atoms with Crippen LogP contribution in [-0.2, 0) is 6.54 Å². The van der Waals surface area contributed by atoms with Gasteiger partial charge in [0, 0.05) is 17.5 Å². The number of aromatic nitrogens is 2. The minimum atomic E-state index is -0.0163. The molecule has 2 heterocycles. The summed E-state index contributed by atoms with van der Waals surface area (Å²) in [7, 11) is 1.64. The molecule has 6 heteroatoms. The van der Waals surface area contributed by atoms with Gasteiger partial charge >= 0.3 is 0 Å². The Labute approximate surface area is 173 Å². The van der Waals surface area contributed by atoms with E-state index in [4.69, 9.17) is 9.47 Å². The summed E-state index contributed by atoms with van der Waals surface area (Å²) in [6.07, 6.45) is 2.35. The van der Waals surface area contributed by atoms with Crippen LogP contribution >= 0.6 is 11.3 Å². The van der Waals surface area contributed by atoms with E-state index in [-0.39, 0.29) is 5.56 Å². The van der Waals surface area contributed by atoms with Crippen molar-refractivity contribution in [3.8, 4) is 22.6 Å². The number of aryl methyl sites for hydroxylation is 2. The average molecular weight is 407 g/mol. The minimum absolute atomic E-state index is 0.0163. The first-order valence-electron chi connectivity index (χ1n) is 9.46. The van der Waals surface area contributed by atoms with Crippen molar-refractivity contribution in [2.75, 3.05) is 13.7 Å². The van der Waals surface area contributed by atoms with E-state index in [0.717, 1.165) is 33.9 Å². The first-order chi connectivity index (χ1) is 14.2. The third kappa shape index (κ3) is 4.17. The highest BCUT2D eigenvalue weighted by Gasteiger charge is 2.13. The minimum Gasteiger partial charge on any atom is -0.497 e. The average Bonchev–Trinajstić information content (AvgIpc) is 3.19. The van der Waals surface area contributed by atoms with Crippen LogP contribution in [0.25, 0.3) is 21.3 Å². The summed E-state index contributed by atoms with van der Waals surface area (Å²) in [5.41, 5.74) is 3.08. The van der Waals surface area contributed by atoms with E-state index in [9.17, 15) is 4.79 Å². The van der Waals surface area contributed by atoms with E-state index in [1.807, 2.05) is 60.8 Å². The van der Waals surface area contributed by atoms with Gasteiger partial charge in [-0.3, -0.25) is 9.36 Å². The van der Waals surface area contributed by atoms with Crippen molar-refractivity contribution in [1.82, 2.24) is 9.55 Å². The largest absolute Gasteiger partial charge is 0.497 e. The molecule has 148 valence electrons. The molecule has 0 bridgehead atoms. The van der Waals surface area contributed by atoms with Crippen molar-refractivity contribution >= 4 is 21.6 Å². The summed E-state index contributed by atoms with van der Waals surface area (Å²) in [5, 5.41) is 2.66. The SMILES string of the molecule is COc1ccc(-c2csc3ncn(CCCOc4ccc(C)cc4)c(=O)c23)cc1. The summed E-state index contributed by atoms with van der Waals surface area (Å²) < 4.78 is 12.7. The molecule has 29 heavy (non-hydrogen) atoms. The zero-order valence-corrected chi connectivity index (χ0v) is 17.2. The number of thiophene rings is 1. The van der Waals surface area contributed by atoms with E-state index in [1.165, 1.54) is 16.9 Å². The van der Waals surface area contributed by atoms with Crippen molar-refractivity contribution in [3.63, 3.8) is 0 Å². The van der Waals surface area contributed by atoms with E-state index in [0.29, 0.717) is 18.5 Å². The van der Waals surface area contributed by atoms with Gasteiger partial charge in [0.1, 0.15) is 16.3 Å². The van der Waals surface area contributed by atoms with Crippen molar-refractivity contribution in [2.24, 2.45) is 0 Å². The summed E-state index contributed by atoms with van der Waals surface area (Å²) in [6.45, 7) is 3.15. The molecule has 2 aromatic carbocycles. The van der Waals surface area contributed by atoms with Crippen LogP contribution < -0.4 is 15.0 Å². The maximum atomic E-state index is 13.1. The van der Waals surface area contributed by atoms with Crippen LogP contribution in [-0.4, -0.2) is 23.3 Å². The summed E-state index contributed by atoms with van der Waals surface area (Å²) in [5.74, 6) is 1.63. The molecule has 4 rings (SSSR count). The molecule has 4 aromatic rings. The van der Waals surface area contributed by atoms with Gasteiger partial charge in [-0.05, 0) is 43.2 Å². The molecule has 5 nitrogen and oxygen atoms in total. The van der Waals surface area contributed by atoms with Gasteiger partial charge in [-0.2, -0.15) is 0 Å². The second kappa shape index (κ2) is 8.49. The Morgan fingerprint density at radius 2 is 1.76 bits per heavy atom. The van der Waals surface area contributed by atoms with Gasteiger partial charge in [0.05, 0.1) is 25.4 Å². The Bertz CT molecular complexity index is 1160. The lowest BCUT2D eigenvalue weighted by atomic mass is 10.1. The number of hydrogen-bond acceptors (Lipinski definition) is 5. The van der Waals surface area contributed by atoms with E-state index >= 15 is 0 Å². The van der Waals surface area contributed by atoms with Gasteiger partial charge in [0.2, 0.25) is 0 Å². The highest BCUT2D eigenvalue weighted by Crippen LogP contribution is 2.31. The number of benzene rings is 2. The fourth-order valence-electron chi connectivity index (χ4n) is 3.17. The quantitative estimate of drug-likeness (QED) is 0.409. The zero-order chi connectivity index (χ0) is 20.2. The number of fused-ring (bicyclic) bond motifs is 1. The molecule has 0 unspecified atom stereocenters. The lowest BCUT2D eigenvalue weighted by Gasteiger charge is -2.08. The van der Waals surface area contributed by atoms with Crippen LogP contribution in [0, 0.1) is 6.92 Å². The summed E-state index contributed by atoms with van der Waals surface area (Å²) in [4.78, 5) is 18.3. The Morgan fingerprint density at radius 3 is 2.48 bits per heavy atom. The van der Waals surface area contributed by atoms with Crippen LogP contribution in [0.2, 0.25) is 0 Å². The van der Waals surface area contributed by atoms with Gasteiger partial charge in [-0.1, -0.05) is 29.8 Å². The maximum Gasteiger partial charge on any atom is 0.262 e. The first-order valence-corrected chi connectivity index (χ1v) is 10.3. The molecule has 2 aromatic heterocycles. The van der Waals surface area contributed by atoms with Crippen molar-refractivity contribution in [3.05, 3.63) is 76.2 Å². The van der Waals surface area contributed by atoms with Gasteiger partial charge in [-0.25, -0.2) is 4.98 Å². The maximum absolute atomic E-state index is 13.1. The third-order valence-electron chi connectivity index (χ3n) is 4.79. The van der Waals surface area contributed by atoms with Crippen LogP contribution in [0.1, 0.15) is 12.0 Å².